The molecule has 420 valence electrons. The minimum atomic E-state index is -4.61. The van der Waals surface area contributed by atoms with E-state index in [1.165, 1.54) is 109 Å². The molecule has 0 saturated carbocycles. The van der Waals surface area contributed by atoms with Gasteiger partial charge in [-0.15, -0.1) is 0 Å². The molecule has 0 aromatic rings. The first-order chi connectivity index (χ1) is 35.5. The van der Waals surface area contributed by atoms with E-state index in [1.807, 2.05) is 27.2 Å². The lowest BCUT2D eigenvalue weighted by molar-refractivity contribution is -0.870. The molecular formula is C64H113N2O6P. The maximum Gasteiger partial charge on any atom is 0.268 e. The van der Waals surface area contributed by atoms with Gasteiger partial charge in [0.05, 0.1) is 39.9 Å². The van der Waals surface area contributed by atoms with Crippen molar-refractivity contribution in [2.45, 2.75) is 251 Å². The number of hydrogen-bond acceptors (Lipinski definition) is 6. The Morgan fingerprint density at radius 1 is 0.493 bits per heavy atom. The first-order valence-electron chi connectivity index (χ1n) is 29.7. The average molecular weight is 1040 g/mol. The number of aliphatic hydroxyl groups excluding tert-OH is 1. The van der Waals surface area contributed by atoms with E-state index < -0.39 is 26.6 Å². The van der Waals surface area contributed by atoms with Crippen LogP contribution in [-0.2, 0) is 18.4 Å². The van der Waals surface area contributed by atoms with Gasteiger partial charge in [-0.25, -0.2) is 0 Å². The van der Waals surface area contributed by atoms with Gasteiger partial charge in [0.25, 0.3) is 7.82 Å². The van der Waals surface area contributed by atoms with Crippen LogP contribution >= 0.6 is 7.82 Å². The largest absolute Gasteiger partial charge is 0.756 e. The highest BCUT2D eigenvalue weighted by Gasteiger charge is 2.23. The molecule has 2 N–H and O–H groups in total. The van der Waals surface area contributed by atoms with Gasteiger partial charge in [0, 0.05) is 6.42 Å². The number of allylic oxidation sites excluding steroid dienone is 17. The molecule has 0 aliphatic carbocycles. The second-order valence-corrected chi connectivity index (χ2v) is 22.4. The third-order valence-electron chi connectivity index (χ3n) is 12.7. The molecule has 3 atom stereocenters. The number of likely N-dealkylation sites (N-methyl/N-ethyl adjacent to an activating group) is 1. The molecule has 0 bridgehead atoms. The minimum Gasteiger partial charge on any atom is -0.756 e. The normalized spacial score (nSPS) is 14.7. The molecule has 0 aliphatic rings. The lowest BCUT2D eigenvalue weighted by atomic mass is 10.0. The Hall–Kier alpha value is -2.84. The van der Waals surface area contributed by atoms with E-state index in [0.717, 1.165) is 109 Å². The first kappa shape index (κ1) is 70.2. The van der Waals surface area contributed by atoms with Gasteiger partial charge in [0.1, 0.15) is 13.2 Å². The summed E-state index contributed by atoms with van der Waals surface area (Å²) < 4.78 is 23.4. The van der Waals surface area contributed by atoms with Crippen LogP contribution in [0, 0.1) is 0 Å². The third-order valence-corrected chi connectivity index (χ3v) is 13.7. The van der Waals surface area contributed by atoms with E-state index in [9.17, 15) is 19.4 Å². The summed E-state index contributed by atoms with van der Waals surface area (Å²) in [7, 11) is 1.24. The Bertz CT molecular complexity index is 1550. The fourth-order valence-electron chi connectivity index (χ4n) is 8.11. The summed E-state index contributed by atoms with van der Waals surface area (Å²) in [6.45, 7) is 4.53. The summed E-state index contributed by atoms with van der Waals surface area (Å²) in [5.74, 6) is -0.215. The van der Waals surface area contributed by atoms with Gasteiger partial charge in [0.15, 0.2) is 0 Å². The SMILES string of the molecule is CC/C=C\C/C=C\C/C=C\C/C=C\C/C=C\C/C=C\C/C=C\C/C=C\CCCCCCCCC(=O)NC(COP(=O)([O-])OCC[N+](C)(C)C)C(O)/C=C/CCCCCCCCCCCCCCCCCCCC. The molecule has 0 aliphatic heterocycles. The molecule has 0 aromatic carbocycles. The Morgan fingerprint density at radius 2 is 0.836 bits per heavy atom. The number of nitrogens with zero attached hydrogens (tertiary/aromatic N) is 1. The fraction of sp³-hybridized carbons (Fsp3) is 0.703. The number of carbonyl (C=O) groups is 1. The molecule has 9 heteroatoms. The zero-order valence-corrected chi connectivity index (χ0v) is 48.7. The van der Waals surface area contributed by atoms with E-state index >= 15 is 0 Å². The third kappa shape index (κ3) is 56.7. The number of amides is 1. The van der Waals surface area contributed by atoms with Gasteiger partial charge in [-0.05, 0) is 83.5 Å². The van der Waals surface area contributed by atoms with Crippen molar-refractivity contribution < 1.29 is 32.9 Å². The monoisotopic (exact) mass is 1040 g/mol. The summed E-state index contributed by atoms with van der Waals surface area (Å²) in [6.07, 6.45) is 78.7. The van der Waals surface area contributed by atoms with E-state index in [-0.39, 0.29) is 12.5 Å². The van der Waals surface area contributed by atoms with Crippen molar-refractivity contribution in [3.8, 4) is 0 Å². The molecular weight excluding hydrogens is 924 g/mol. The lowest BCUT2D eigenvalue weighted by Gasteiger charge is -2.29. The number of carbonyl (C=O) groups excluding carboxylic acids is 1. The van der Waals surface area contributed by atoms with Crippen LogP contribution in [0.2, 0.25) is 0 Å². The van der Waals surface area contributed by atoms with Crippen LogP contribution < -0.4 is 10.2 Å². The molecule has 0 saturated heterocycles. The van der Waals surface area contributed by atoms with Crippen LogP contribution in [0.5, 0.6) is 0 Å². The number of phosphoric acid groups is 1. The number of unbranched alkanes of at least 4 members (excludes halogenated alkanes) is 24. The molecule has 0 rings (SSSR count). The Balaban J connectivity index is 4.27. The highest BCUT2D eigenvalue weighted by molar-refractivity contribution is 7.45. The second-order valence-electron chi connectivity index (χ2n) is 21.0. The Labute approximate surface area is 451 Å². The predicted molar refractivity (Wildman–Crippen MR) is 316 cm³/mol. The van der Waals surface area contributed by atoms with E-state index in [0.29, 0.717) is 17.4 Å². The van der Waals surface area contributed by atoms with Crippen molar-refractivity contribution in [2.24, 2.45) is 0 Å². The van der Waals surface area contributed by atoms with E-state index in [1.54, 1.807) is 6.08 Å². The van der Waals surface area contributed by atoms with Gasteiger partial charge in [-0.1, -0.05) is 258 Å². The molecule has 8 nitrogen and oxygen atoms in total. The maximum absolute atomic E-state index is 13.0. The van der Waals surface area contributed by atoms with Crippen LogP contribution in [0.3, 0.4) is 0 Å². The van der Waals surface area contributed by atoms with Crippen LogP contribution in [0.15, 0.2) is 109 Å². The summed E-state index contributed by atoms with van der Waals surface area (Å²) in [5.41, 5.74) is 0. The fourth-order valence-corrected chi connectivity index (χ4v) is 8.83. The topological polar surface area (TPSA) is 108 Å². The van der Waals surface area contributed by atoms with Crippen molar-refractivity contribution in [2.75, 3.05) is 40.9 Å². The smallest absolute Gasteiger partial charge is 0.268 e. The molecule has 0 spiro atoms. The van der Waals surface area contributed by atoms with Gasteiger partial charge in [-0.3, -0.25) is 9.36 Å². The van der Waals surface area contributed by atoms with Crippen molar-refractivity contribution >= 4 is 13.7 Å². The molecule has 1 amide bonds. The predicted octanol–water partition coefficient (Wildman–Crippen LogP) is 17.7. The standard InChI is InChI=1S/C64H113N2O6P/c1-6-8-10-12-14-16-18-20-22-24-26-28-29-30-31-32-33-34-35-36-37-38-40-42-44-46-48-50-52-54-56-58-64(68)65-62(61-72-73(69,70)71-60-59-66(3,4)5)63(67)57-55-53-51-49-47-45-43-41-39-27-25-23-21-19-17-15-13-11-9-7-2/h8,10,14,16,20,22,26,28,30-31,33-34,36-37,40,42,55,57,62-63,67H,6-7,9,11-13,15,17-19,21,23-25,27,29,32,35,38-39,41,43-54,56,58-61H2,1-5H3,(H-,65,68,69,70)/b10-8-,16-14-,22-20-,28-26-,31-30-,34-33-,37-36-,42-40-,57-55+. The summed E-state index contributed by atoms with van der Waals surface area (Å²) in [5, 5.41) is 13.9. The zero-order chi connectivity index (χ0) is 53.5. The first-order valence-corrected chi connectivity index (χ1v) is 31.2. The number of rotatable bonds is 53. The molecule has 73 heavy (non-hydrogen) atoms. The maximum atomic E-state index is 13.0. The number of aliphatic hydroxyl groups is 1. The van der Waals surface area contributed by atoms with Gasteiger partial charge in [-0.2, -0.15) is 0 Å². The second kappa shape index (κ2) is 54.0. The number of phosphoric ester groups is 1. The summed E-state index contributed by atoms with van der Waals surface area (Å²) in [6, 6.07) is -0.903. The van der Waals surface area contributed by atoms with Gasteiger partial charge in [0.2, 0.25) is 5.91 Å². The van der Waals surface area contributed by atoms with Crippen molar-refractivity contribution in [3.05, 3.63) is 109 Å². The van der Waals surface area contributed by atoms with Crippen molar-refractivity contribution in [1.29, 1.82) is 0 Å². The Morgan fingerprint density at radius 3 is 1.22 bits per heavy atom. The van der Waals surface area contributed by atoms with Crippen molar-refractivity contribution in [3.63, 3.8) is 0 Å². The van der Waals surface area contributed by atoms with Crippen LogP contribution in [0.25, 0.3) is 0 Å². The number of hydrogen-bond donors (Lipinski definition) is 2. The molecule has 0 radical (unpaired) electrons. The van der Waals surface area contributed by atoms with Crippen LogP contribution in [-0.4, -0.2) is 68.5 Å². The van der Waals surface area contributed by atoms with Gasteiger partial charge < -0.3 is 28.8 Å². The molecule has 3 unspecified atom stereocenters. The summed E-state index contributed by atoms with van der Waals surface area (Å²) >= 11 is 0. The van der Waals surface area contributed by atoms with E-state index in [4.69, 9.17) is 9.05 Å². The molecule has 0 aromatic heterocycles. The van der Waals surface area contributed by atoms with E-state index in [2.05, 4.69) is 116 Å². The Kier molecular flexibility index (Phi) is 51.9. The highest BCUT2D eigenvalue weighted by atomic mass is 31.2. The zero-order valence-electron chi connectivity index (χ0n) is 47.8. The lowest BCUT2D eigenvalue weighted by Crippen LogP contribution is -2.45. The number of quaternary nitrogens is 1. The highest BCUT2D eigenvalue weighted by Crippen LogP contribution is 2.38. The van der Waals surface area contributed by atoms with Crippen LogP contribution in [0.4, 0.5) is 0 Å². The molecule has 0 fully saturated rings. The average Bonchev–Trinajstić information content (AvgIpc) is 3.35. The minimum absolute atomic E-state index is 0.00962. The molecule has 0 heterocycles. The van der Waals surface area contributed by atoms with Crippen LogP contribution in [0.1, 0.15) is 239 Å². The summed E-state index contributed by atoms with van der Waals surface area (Å²) in [4.78, 5) is 25.5. The van der Waals surface area contributed by atoms with Crippen molar-refractivity contribution in [1.82, 2.24) is 5.32 Å². The van der Waals surface area contributed by atoms with Gasteiger partial charge >= 0.3 is 0 Å². The quantitative estimate of drug-likeness (QED) is 0.0272. The number of nitrogens with one attached hydrogen (secondary N) is 1.